The summed E-state index contributed by atoms with van der Waals surface area (Å²) in [7, 11) is 0. The summed E-state index contributed by atoms with van der Waals surface area (Å²) in [4.78, 5) is 0. The molecule has 1 unspecified atom stereocenters. The van der Waals surface area contributed by atoms with Crippen LogP contribution in [0.15, 0.2) is 12.2 Å². The fourth-order valence-electron chi connectivity index (χ4n) is 2.39. The van der Waals surface area contributed by atoms with E-state index in [0.717, 1.165) is 38.5 Å². The molecule has 1 rings (SSSR count). The zero-order valence-corrected chi connectivity index (χ0v) is 10.2. The molecule has 0 fully saturated rings. The first-order valence-corrected chi connectivity index (χ1v) is 6.64. The highest BCUT2D eigenvalue weighted by molar-refractivity contribution is 4.90. The number of allylic oxidation sites excluding steroid dienone is 2. The van der Waals surface area contributed by atoms with Crippen LogP contribution in [0.25, 0.3) is 0 Å². The molecule has 88 valence electrons. The summed E-state index contributed by atoms with van der Waals surface area (Å²) < 4.78 is 0. The van der Waals surface area contributed by atoms with E-state index in [1.54, 1.807) is 0 Å². The lowest BCUT2D eigenvalue weighted by Gasteiger charge is -2.29. The summed E-state index contributed by atoms with van der Waals surface area (Å²) in [6.45, 7) is 2.23. The average Bonchev–Trinajstić information content (AvgIpc) is 2.20. The molecule has 0 aromatic rings. The third-order valence-corrected chi connectivity index (χ3v) is 3.45. The third-order valence-electron chi connectivity index (χ3n) is 3.45. The van der Waals surface area contributed by atoms with Crippen LogP contribution in [0.2, 0.25) is 0 Å². The molecule has 0 aliphatic heterocycles. The van der Waals surface area contributed by atoms with E-state index in [2.05, 4.69) is 19.1 Å². The van der Waals surface area contributed by atoms with Gasteiger partial charge in [-0.05, 0) is 38.5 Å². The van der Waals surface area contributed by atoms with E-state index in [4.69, 9.17) is 0 Å². The van der Waals surface area contributed by atoms with Gasteiger partial charge >= 0.3 is 0 Å². The fraction of sp³-hybridized carbons (Fsp3) is 0.857. The molecule has 0 spiro atoms. The molecule has 1 nitrogen and oxygen atoms in total. The summed E-state index contributed by atoms with van der Waals surface area (Å²) in [5, 5.41) is 10.4. The van der Waals surface area contributed by atoms with Crippen LogP contribution in [0, 0.1) is 0 Å². The number of hydrogen-bond donors (Lipinski definition) is 1. The quantitative estimate of drug-likeness (QED) is 0.532. The predicted molar refractivity (Wildman–Crippen MR) is 65.9 cm³/mol. The summed E-state index contributed by atoms with van der Waals surface area (Å²) in [5.41, 5.74) is -0.349. The molecule has 0 saturated carbocycles. The van der Waals surface area contributed by atoms with E-state index < -0.39 is 0 Å². The Morgan fingerprint density at radius 1 is 1.07 bits per heavy atom. The van der Waals surface area contributed by atoms with Crippen molar-refractivity contribution in [2.24, 2.45) is 0 Å². The van der Waals surface area contributed by atoms with Crippen LogP contribution in [0.3, 0.4) is 0 Å². The third kappa shape index (κ3) is 5.36. The van der Waals surface area contributed by atoms with Crippen molar-refractivity contribution in [3.8, 4) is 0 Å². The van der Waals surface area contributed by atoms with E-state index in [0.29, 0.717) is 0 Å². The van der Waals surface area contributed by atoms with Crippen molar-refractivity contribution in [2.75, 3.05) is 0 Å². The summed E-state index contributed by atoms with van der Waals surface area (Å²) in [6, 6.07) is 0. The predicted octanol–water partition coefficient (Wildman–Crippen LogP) is 4.21. The molecule has 0 amide bonds. The van der Waals surface area contributed by atoms with Crippen LogP contribution >= 0.6 is 0 Å². The van der Waals surface area contributed by atoms with E-state index in [9.17, 15) is 5.11 Å². The first kappa shape index (κ1) is 12.8. The summed E-state index contributed by atoms with van der Waals surface area (Å²) in [5.74, 6) is 0. The van der Waals surface area contributed by atoms with Gasteiger partial charge in [-0.25, -0.2) is 0 Å². The minimum atomic E-state index is -0.349. The summed E-state index contributed by atoms with van der Waals surface area (Å²) >= 11 is 0. The maximum absolute atomic E-state index is 10.4. The van der Waals surface area contributed by atoms with Crippen molar-refractivity contribution < 1.29 is 5.11 Å². The van der Waals surface area contributed by atoms with Gasteiger partial charge in [0.1, 0.15) is 0 Å². The molecular weight excluding hydrogens is 184 g/mol. The highest BCUT2D eigenvalue weighted by Crippen LogP contribution is 2.28. The molecule has 0 aromatic heterocycles. The van der Waals surface area contributed by atoms with Crippen LogP contribution in [-0.4, -0.2) is 10.7 Å². The summed E-state index contributed by atoms with van der Waals surface area (Å²) in [6.07, 6.45) is 15.9. The zero-order chi connectivity index (χ0) is 11.0. The molecule has 0 saturated heterocycles. The van der Waals surface area contributed by atoms with Crippen LogP contribution in [0.4, 0.5) is 0 Å². The topological polar surface area (TPSA) is 20.2 Å². The van der Waals surface area contributed by atoms with Crippen molar-refractivity contribution in [3.63, 3.8) is 0 Å². The van der Waals surface area contributed by atoms with Gasteiger partial charge in [0.05, 0.1) is 5.60 Å². The van der Waals surface area contributed by atoms with Crippen LogP contribution in [0.1, 0.15) is 71.1 Å². The van der Waals surface area contributed by atoms with Gasteiger partial charge in [-0.15, -0.1) is 0 Å². The molecule has 1 aliphatic rings. The normalized spacial score (nSPS) is 29.5. The number of rotatable bonds is 5. The van der Waals surface area contributed by atoms with Gasteiger partial charge in [0, 0.05) is 0 Å². The van der Waals surface area contributed by atoms with E-state index in [-0.39, 0.29) is 5.60 Å². The minimum Gasteiger partial charge on any atom is -0.390 e. The highest BCUT2D eigenvalue weighted by Gasteiger charge is 2.25. The monoisotopic (exact) mass is 210 g/mol. The molecule has 0 heterocycles. The Kier molecular flexibility index (Phi) is 6.00. The van der Waals surface area contributed by atoms with Crippen molar-refractivity contribution in [3.05, 3.63) is 12.2 Å². The molecule has 1 atom stereocenters. The zero-order valence-electron chi connectivity index (χ0n) is 10.2. The van der Waals surface area contributed by atoms with Gasteiger partial charge in [-0.1, -0.05) is 44.8 Å². The maximum Gasteiger partial charge on any atom is 0.0650 e. The second-order valence-corrected chi connectivity index (χ2v) is 4.94. The van der Waals surface area contributed by atoms with E-state index in [1.807, 2.05) is 0 Å². The molecule has 0 bridgehead atoms. The molecular formula is C14H26O. The standard InChI is InChI=1S/C14H26O/c1-2-3-4-8-11-14(15)12-9-6-5-7-10-13-14/h5-6,15H,2-4,7-13H2,1H3/b6-5-. The van der Waals surface area contributed by atoms with Crippen molar-refractivity contribution in [1.82, 2.24) is 0 Å². The Labute approximate surface area is 94.6 Å². The lowest BCUT2D eigenvalue weighted by atomic mass is 9.85. The first-order valence-electron chi connectivity index (χ1n) is 6.64. The van der Waals surface area contributed by atoms with Crippen molar-refractivity contribution >= 4 is 0 Å². The Morgan fingerprint density at radius 3 is 2.67 bits per heavy atom. The van der Waals surface area contributed by atoms with Crippen LogP contribution < -0.4 is 0 Å². The lowest BCUT2D eigenvalue weighted by molar-refractivity contribution is 0.0103. The lowest BCUT2D eigenvalue weighted by Crippen LogP contribution is -2.28. The molecule has 1 N–H and O–H groups in total. The Bertz CT molecular complexity index is 186. The van der Waals surface area contributed by atoms with Crippen molar-refractivity contribution in [2.45, 2.75) is 76.7 Å². The van der Waals surface area contributed by atoms with Crippen LogP contribution in [-0.2, 0) is 0 Å². The molecule has 0 radical (unpaired) electrons. The SMILES string of the molecule is CCCCCCC1(O)CC/C=C\CCC1. The first-order chi connectivity index (χ1) is 7.27. The maximum atomic E-state index is 10.4. The van der Waals surface area contributed by atoms with E-state index >= 15 is 0 Å². The second-order valence-electron chi connectivity index (χ2n) is 4.94. The molecule has 1 heteroatoms. The van der Waals surface area contributed by atoms with Gasteiger partial charge in [-0.2, -0.15) is 0 Å². The van der Waals surface area contributed by atoms with Crippen LogP contribution in [0.5, 0.6) is 0 Å². The minimum absolute atomic E-state index is 0.349. The Hall–Kier alpha value is -0.300. The van der Waals surface area contributed by atoms with Gasteiger partial charge in [0.2, 0.25) is 0 Å². The average molecular weight is 210 g/mol. The van der Waals surface area contributed by atoms with Gasteiger partial charge in [0.15, 0.2) is 0 Å². The van der Waals surface area contributed by atoms with E-state index in [1.165, 1.54) is 25.7 Å². The number of aliphatic hydroxyl groups is 1. The van der Waals surface area contributed by atoms with Gasteiger partial charge in [-0.3, -0.25) is 0 Å². The number of hydrogen-bond acceptors (Lipinski definition) is 1. The van der Waals surface area contributed by atoms with Gasteiger partial charge < -0.3 is 5.11 Å². The second kappa shape index (κ2) is 7.05. The Morgan fingerprint density at radius 2 is 1.87 bits per heavy atom. The number of unbranched alkanes of at least 4 members (excludes halogenated alkanes) is 3. The molecule has 15 heavy (non-hydrogen) atoms. The Balaban J connectivity index is 2.25. The highest BCUT2D eigenvalue weighted by atomic mass is 16.3. The fourth-order valence-corrected chi connectivity index (χ4v) is 2.39. The smallest absolute Gasteiger partial charge is 0.0650 e. The van der Waals surface area contributed by atoms with Gasteiger partial charge in [0.25, 0.3) is 0 Å². The van der Waals surface area contributed by atoms with Crippen molar-refractivity contribution in [1.29, 1.82) is 0 Å². The largest absolute Gasteiger partial charge is 0.390 e. The molecule has 0 aromatic carbocycles. The molecule has 1 aliphatic carbocycles.